The molecule has 1 aliphatic carbocycles. The fourth-order valence-electron chi connectivity index (χ4n) is 4.37. The van der Waals surface area contributed by atoms with Crippen molar-refractivity contribution in [3.05, 3.63) is 71.0 Å². The number of nitrogens with zero attached hydrogens (tertiary/aromatic N) is 1. The van der Waals surface area contributed by atoms with Crippen molar-refractivity contribution in [1.29, 1.82) is 0 Å². The summed E-state index contributed by atoms with van der Waals surface area (Å²) in [5, 5.41) is 2.76. The van der Waals surface area contributed by atoms with Crippen LogP contribution in [-0.2, 0) is 11.2 Å². The van der Waals surface area contributed by atoms with Crippen molar-refractivity contribution < 1.29 is 27.2 Å². The largest absolute Gasteiger partial charge is 0.395 e. The number of likely N-dealkylation sites (N-methyl/N-ethyl adjacent to an activating group) is 1. The molecule has 184 valence electrons. The zero-order chi connectivity index (χ0) is 25.1. The van der Waals surface area contributed by atoms with Crippen LogP contribution in [0.2, 0.25) is 0 Å². The van der Waals surface area contributed by atoms with Crippen LogP contribution in [-0.4, -0.2) is 49.6 Å². The van der Waals surface area contributed by atoms with E-state index in [9.17, 15) is 27.2 Å². The molecule has 1 fully saturated rings. The molecule has 2 atom stereocenters. The SMILES string of the molecule is CN(C)[C@H](CNC(=O)CC(c1ccccc1)C1(C(F)(F)F)CC1)Cc1ccc(C(N)=O)c(F)c1. The second-order valence-electron chi connectivity index (χ2n) is 9.13. The molecule has 1 saturated carbocycles. The van der Waals surface area contributed by atoms with E-state index >= 15 is 0 Å². The number of halogens is 4. The number of nitrogens with two attached hydrogens (primary N) is 1. The molecule has 1 unspecified atom stereocenters. The molecule has 0 spiro atoms. The molecule has 2 aromatic carbocycles. The van der Waals surface area contributed by atoms with Crippen molar-refractivity contribution in [2.45, 2.75) is 43.8 Å². The quantitative estimate of drug-likeness (QED) is 0.506. The first kappa shape index (κ1) is 25.7. The Morgan fingerprint density at radius 1 is 1.12 bits per heavy atom. The highest BCUT2D eigenvalue weighted by Gasteiger charge is 2.67. The molecule has 0 aliphatic heterocycles. The Morgan fingerprint density at radius 3 is 2.26 bits per heavy atom. The number of nitrogens with one attached hydrogen (secondary N) is 1. The summed E-state index contributed by atoms with van der Waals surface area (Å²) in [7, 11) is 3.58. The van der Waals surface area contributed by atoms with Crippen molar-refractivity contribution in [1.82, 2.24) is 10.2 Å². The van der Waals surface area contributed by atoms with E-state index in [-0.39, 0.29) is 37.4 Å². The minimum absolute atomic E-state index is 0.0104. The van der Waals surface area contributed by atoms with E-state index in [4.69, 9.17) is 5.73 Å². The van der Waals surface area contributed by atoms with E-state index in [1.165, 1.54) is 12.1 Å². The Labute approximate surface area is 196 Å². The van der Waals surface area contributed by atoms with E-state index in [2.05, 4.69) is 5.32 Å². The van der Waals surface area contributed by atoms with E-state index in [1.807, 2.05) is 4.90 Å². The van der Waals surface area contributed by atoms with E-state index in [1.54, 1.807) is 50.5 Å². The van der Waals surface area contributed by atoms with Gasteiger partial charge < -0.3 is 16.0 Å². The molecule has 3 rings (SSSR count). The Morgan fingerprint density at radius 2 is 1.76 bits per heavy atom. The lowest BCUT2D eigenvalue weighted by Gasteiger charge is -2.30. The second kappa shape index (κ2) is 10.1. The summed E-state index contributed by atoms with van der Waals surface area (Å²) in [5.41, 5.74) is 4.17. The predicted octanol–water partition coefficient (Wildman–Crippen LogP) is 4.03. The van der Waals surface area contributed by atoms with Gasteiger partial charge in [-0.1, -0.05) is 36.4 Å². The van der Waals surface area contributed by atoms with Crippen LogP contribution in [0.25, 0.3) is 0 Å². The van der Waals surface area contributed by atoms with E-state index in [0.29, 0.717) is 17.5 Å². The normalized spacial score (nSPS) is 16.7. The average molecular weight is 480 g/mol. The van der Waals surface area contributed by atoms with Gasteiger partial charge in [0.2, 0.25) is 5.91 Å². The summed E-state index contributed by atoms with van der Waals surface area (Å²) in [6.45, 7) is 0.172. The van der Waals surface area contributed by atoms with Crippen molar-refractivity contribution >= 4 is 11.8 Å². The van der Waals surface area contributed by atoms with Crippen molar-refractivity contribution in [2.24, 2.45) is 11.1 Å². The Balaban J connectivity index is 1.68. The first-order valence-electron chi connectivity index (χ1n) is 11.1. The van der Waals surface area contributed by atoms with Gasteiger partial charge in [-0.2, -0.15) is 13.2 Å². The smallest absolute Gasteiger partial charge is 0.366 e. The molecule has 0 bridgehead atoms. The summed E-state index contributed by atoms with van der Waals surface area (Å²) in [5.74, 6) is -3.01. The third-order valence-electron chi connectivity index (χ3n) is 6.65. The summed E-state index contributed by atoms with van der Waals surface area (Å²) >= 11 is 0. The van der Waals surface area contributed by atoms with Crippen molar-refractivity contribution in [3.63, 3.8) is 0 Å². The van der Waals surface area contributed by atoms with Gasteiger partial charge in [0.05, 0.1) is 11.0 Å². The van der Waals surface area contributed by atoms with Crippen LogP contribution in [0, 0.1) is 11.2 Å². The highest BCUT2D eigenvalue weighted by atomic mass is 19.4. The van der Waals surface area contributed by atoms with Crippen molar-refractivity contribution in [3.8, 4) is 0 Å². The van der Waals surface area contributed by atoms with Crippen LogP contribution in [0.4, 0.5) is 17.6 Å². The van der Waals surface area contributed by atoms with Crippen LogP contribution in [0.3, 0.4) is 0 Å². The third kappa shape index (κ3) is 5.75. The lowest BCUT2D eigenvalue weighted by molar-refractivity contribution is -0.194. The van der Waals surface area contributed by atoms with Crippen LogP contribution < -0.4 is 11.1 Å². The van der Waals surface area contributed by atoms with Gasteiger partial charge in [-0.15, -0.1) is 0 Å². The first-order chi connectivity index (χ1) is 15.9. The fraction of sp³-hybridized carbons (Fsp3) is 0.440. The summed E-state index contributed by atoms with van der Waals surface area (Å²) < 4.78 is 55.7. The zero-order valence-corrected chi connectivity index (χ0v) is 19.2. The van der Waals surface area contributed by atoms with Gasteiger partial charge in [0.25, 0.3) is 5.91 Å². The second-order valence-corrected chi connectivity index (χ2v) is 9.13. The van der Waals surface area contributed by atoms with Crippen LogP contribution >= 0.6 is 0 Å². The molecule has 2 aromatic rings. The van der Waals surface area contributed by atoms with E-state index in [0.717, 1.165) is 0 Å². The van der Waals surface area contributed by atoms with Gasteiger partial charge >= 0.3 is 6.18 Å². The van der Waals surface area contributed by atoms with Gasteiger partial charge in [-0.3, -0.25) is 9.59 Å². The van der Waals surface area contributed by atoms with Gasteiger partial charge in [0.15, 0.2) is 0 Å². The molecule has 0 radical (unpaired) electrons. The van der Waals surface area contributed by atoms with Gasteiger partial charge in [-0.05, 0) is 56.6 Å². The maximum atomic E-state index is 14.1. The summed E-state index contributed by atoms with van der Waals surface area (Å²) in [4.78, 5) is 25.8. The molecule has 34 heavy (non-hydrogen) atoms. The first-order valence-corrected chi connectivity index (χ1v) is 11.1. The number of amides is 2. The van der Waals surface area contributed by atoms with E-state index < -0.39 is 35.1 Å². The van der Waals surface area contributed by atoms with Crippen LogP contribution in [0.15, 0.2) is 48.5 Å². The lowest BCUT2D eigenvalue weighted by Crippen LogP contribution is -2.42. The third-order valence-corrected chi connectivity index (χ3v) is 6.65. The topological polar surface area (TPSA) is 75.4 Å². The summed E-state index contributed by atoms with van der Waals surface area (Å²) in [6.07, 6.45) is -4.28. The molecular weight excluding hydrogens is 450 g/mol. The predicted molar refractivity (Wildman–Crippen MR) is 121 cm³/mol. The average Bonchev–Trinajstić information content (AvgIpc) is 3.57. The zero-order valence-electron chi connectivity index (χ0n) is 19.2. The van der Waals surface area contributed by atoms with Gasteiger partial charge in [0, 0.05) is 24.9 Å². The molecule has 1 aliphatic rings. The minimum Gasteiger partial charge on any atom is -0.366 e. The van der Waals surface area contributed by atoms with Crippen molar-refractivity contribution in [2.75, 3.05) is 20.6 Å². The molecule has 2 amide bonds. The Hall–Kier alpha value is -2.94. The maximum Gasteiger partial charge on any atom is 0.395 e. The standard InChI is InChI=1S/C25H29F4N3O2/c1-32(2)18(12-16-8-9-19(23(30)34)21(26)13-16)15-31-22(33)14-20(17-6-4-3-5-7-17)24(10-11-24)25(27,28)29/h3-9,13,18,20H,10-12,14-15H2,1-2H3,(H2,30,34)(H,31,33)/t18-,20?/m0/s1. The minimum atomic E-state index is -4.39. The van der Waals surface area contributed by atoms with Crippen LogP contribution in [0.5, 0.6) is 0 Å². The Bertz CT molecular complexity index is 1020. The number of carbonyl (C=O) groups excluding carboxylic acids is 2. The molecular formula is C25H29F4N3O2. The number of rotatable bonds is 10. The number of hydrogen-bond donors (Lipinski definition) is 2. The molecule has 0 aromatic heterocycles. The molecule has 5 nitrogen and oxygen atoms in total. The maximum absolute atomic E-state index is 14.1. The number of hydrogen-bond acceptors (Lipinski definition) is 3. The number of alkyl halides is 3. The Kier molecular flexibility index (Phi) is 7.65. The van der Waals surface area contributed by atoms with Gasteiger partial charge in [0.1, 0.15) is 5.82 Å². The molecule has 3 N–H and O–H groups in total. The number of carbonyl (C=O) groups is 2. The highest BCUT2D eigenvalue weighted by Crippen LogP contribution is 2.66. The van der Waals surface area contributed by atoms with Crippen LogP contribution in [0.1, 0.15) is 46.7 Å². The number of primary amides is 1. The lowest BCUT2D eigenvalue weighted by atomic mass is 9.80. The molecule has 0 heterocycles. The molecule has 0 saturated heterocycles. The highest BCUT2D eigenvalue weighted by molar-refractivity contribution is 5.93. The fourth-order valence-corrected chi connectivity index (χ4v) is 4.37. The molecule has 9 heteroatoms. The monoisotopic (exact) mass is 479 g/mol. The van der Waals surface area contributed by atoms with Gasteiger partial charge in [-0.25, -0.2) is 4.39 Å². The summed E-state index contributed by atoms with van der Waals surface area (Å²) in [6, 6.07) is 12.2. The number of benzene rings is 2.